The molecule has 184 valence electrons. The highest BCUT2D eigenvalue weighted by molar-refractivity contribution is 7.92. The van der Waals surface area contributed by atoms with Crippen molar-refractivity contribution in [1.29, 1.82) is 0 Å². The molecule has 4 aromatic rings. The number of ether oxygens (including phenoxy) is 2. The molecule has 36 heavy (non-hydrogen) atoms. The summed E-state index contributed by atoms with van der Waals surface area (Å²) in [6.07, 6.45) is 0.764. The maximum Gasteiger partial charge on any atom is 0.261 e. The van der Waals surface area contributed by atoms with Crippen LogP contribution in [0.2, 0.25) is 0 Å². The van der Waals surface area contributed by atoms with Gasteiger partial charge in [-0.15, -0.1) is 0 Å². The van der Waals surface area contributed by atoms with Gasteiger partial charge in [-0.1, -0.05) is 36.4 Å². The van der Waals surface area contributed by atoms with Gasteiger partial charge in [0.15, 0.2) is 0 Å². The Bertz CT molecular complexity index is 1400. The lowest BCUT2D eigenvalue weighted by molar-refractivity contribution is 0.102. The highest BCUT2D eigenvalue weighted by Crippen LogP contribution is 2.21. The summed E-state index contributed by atoms with van der Waals surface area (Å²) in [5.74, 6) is 0.905. The molecule has 1 amide bonds. The molecule has 0 saturated carbocycles. The lowest BCUT2D eigenvalue weighted by Crippen LogP contribution is -2.14. The highest BCUT2D eigenvalue weighted by atomic mass is 32.2. The molecule has 0 bridgehead atoms. The SMILES string of the molecule is COc1ccc(NS(=O)(=O)c2ccc(NC(=O)c3cccc(OCCc4ccccc4)c3)cc2)cc1. The molecular weight excluding hydrogens is 476 g/mol. The summed E-state index contributed by atoms with van der Waals surface area (Å²) in [7, 11) is -2.25. The zero-order valence-corrected chi connectivity index (χ0v) is 20.5. The Balaban J connectivity index is 1.35. The fourth-order valence-corrected chi connectivity index (χ4v) is 4.51. The average molecular weight is 503 g/mol. The van der Waals surface area contributed by atoms with Crippen LogP contribution < -0.4 is 19.5 Å². The molecule has 4 aromatic carbocycles. The van der Waals surface area contributed by atoms with Crippen LogP contribution in [0.25, 0.3) is 0 Å². The fourth-order valence-electron chi connectivity index (χ4n) is 3.45. The quantitative estimate of drug-likeness (QED) is 0.304. The van der Waals surface area contributed by atoms with Crippen molar-refractivity contribution in [2.75, 3.05) is 23.8 Å². The summed E-state index contributed by atoms with van der Waals surface area (Å²) in [5.41, 5.74) is 2.50. The molecule has 2 N–H and O–H groups in total. The Morgan fingerprint density at radius 3 is 2.17 bits per heavy atom. The Morgan fingerprint density at radius 2 is 1.47 bits per heavy atom. The number of carbonyl (C=O) groups is 1. The molecule has 0 aliphatic carbocycles. The van der Waals surface area contributed by atoms with Gasteiger partial charge in [-0.05, 0) is 72.3 Å². The van der Waals surface area contributed by atoms with Crippen LogP contribution in [-0.4, -0.2) is 28.0 Å². The largest absolute Gasteiger partial charge is 0.497 e. The molecule has 7 nitrogen and oxygen atoms in total. The molecule has 0 heterocycles. The zero-order chi connectivity index (χ0) is 25.4. The molecule has 4 rings (SSSR count). The monoisotopic (exact) mass is 502 g/mol. The van der Waals surface area contributed by atoms with Gasteiger partial charge < -0.3 is 14.8 Å². The van der Waals surface area contributed by atoms with E-state index in [0.29, 0.717) is 35.0 Å². The first-order valence-electron chi connectivity index (χ1n) is 11.3. The number of nitrogens with one attached hydrogen (secondary N) is 2. The lowest BCUT2D eigenvalue weighted by atomic mass is 10.1. The minimum atomic E-state index is -3.79. The predicted octanol–water partition coefficient (Wildman–Crippen LogP) is 5.37. The van der Waals surface area contributed by atoms with Crippen LogP contribution in [0.1, 0.15) is 15.9 Å². The van der Waals surface area contributed by atoms with Crippen LogP contribution in [0, 0.1) is 0 Å². The van der Waals surface area contributed by atoms with Gasteiger partial charge in [-0.3, -0.25) is 9.52 Å². The highest BCUT2D eigenvalue weighted by Gasteiger charge is 2.15. The molecule has 0 fully saturated rings. The summed E-state index contributed by atoms with van der Waals surface area (Å²) in [6.45, 7) is 0.496. The molecule has 0 aliphatic rings. The second-order valence-corrected chi connectivity index (χ2v) is 9.61. The van der Waals surface area contributed by atoms with E-state index in [0.717, 1.165) is 6.42 Å². The van der Waals surface area contributed by atoms with Crippen molar-refractivity contribution in [2.24, 2.45) is 0 Å². The maximum absolute atomic E-state index is 12.7. The molecule has 0 saturated heterocycles. The number of hydrogen-bond acceptors (Lipinski definition) is 5. The Hall–Kier alpha value is -4.30. The smallest absolute Gasteiger partial charge is 0.261 e. The number of methoxy groups -OCH3 is 1. The normalized spacial score (nSPS) is 10.9. The number of benzene rings is 4. The molecular formula is C28H26N2O5S. The third kappa shape index (κ3) is 6.64. The average Bonchev–Trinajstić information content (AvgIpc) is 2.90. The van der Waals surface area contributed by atoms with Gasteiger partial charge in [0.05, 0.1) is 18.6 Å². The standard InChI is InChI=1S/C28H26N2O5S/c1-34-25-14-10-24(11-15-25)30-36(32,33)27-16-12-23(13-17-27)29-28(31)22-8-5-9-26(20-22)35-19-18-21-6-3-2-4-7-21/h2-17,20,30H,18-19H2,1H3,(H,29,31). The Labute approximate surface area is 210 Å². The Morgan fingerprint density at radius 1 is 0.778 bits per heavy atom. The van der Waals surface area contributed by atoms with E-state index in [2.05, 4.69) is 10.0 Å². The molecule has 0 radical (unpaired) electrons. The minimum absolute atomic E-state index is 0.0742. The van der Waals surface area contributed by atoms with Crippen LogP contribution >= 0.6 is 0 Å². The van der Waals surface area contributed by atoms with Crippen LogP contribution in [0.3, 0.4) is 0 Å². The topological polar surface area (TPSA) is 93.7 Å². The molecule has 0 spiro atoms. The summed E-state index contributed by atoms with van der Waals surface area (Å²) >= 11 is 0. The summed E-state index contributed by atoms with van der Waals surface area (Å²) in [6, 6.07) is 29.5. The third-order valence-corrected chi connectivity index (χ3v) is 6.76. The first-order chi connectivity index (χ1) is 17.4. The fraction of sp³-hybridized carbons (Fsp3) is 0.107. The van der Waals surface area contributed by atoms with Gasteiger partial charge in [0.2, 0.25) is 0 Å². The van der Waals surface area contributed by atoms with E-state index in [-0.39, 0.29) is 10.8 Å². The Kier molecular flexibility index (Phi) is 7.87. The van der Waals surface area contributed by atoms with Gasteiger partial charge in [0, 0.05) is 23.4 Å². The van der Waals surface area contributed by atoms with E-state index in [1.54, 1.807) is 60.7 Å². The first-order valence-corrected chi connectivity index (χ1v) is 12.8. The molecule has 0 aromatic heterocycles. The summed E-state index contributed by atoms with van der Waals surface area (Å²) < 4.78 is 38.8. The number of hydrogen-bond donors (Lipinski definition) is 2. The van der Waals surface area contributed by atoms with Crippen molar-refractivity contribution in [3.63, 3.8) is 0 Å². The van der Waals surface area contributed by atoms with Crippen LogP contribution in [0.4, 0.5) is 11.4 Å². The van der Waals surface area contributed by atoms with Crippen molar-refractivity contribution in [1.82, 2.24) is 0 Å². The van der Waals surface area contributed by atoms with Crippen LogP contribution in [0.15, 0.2) is 108 Å². The van der Waals surface area contributed by atoms with Gasteiger partial charge in [-0.2, -0.15) is 0 Å². The molecule has 8 heteroatoms. The number of sulfonamides is 1. The molecule has 0 aliphatic heterocycles. The van der Waals surface area contributed by atoms with Crippen molar-refractivity contribution in [3.05, 3.63) is 114 Å². The molecule has 0 unspecified atom stereocenters. The molecule has 0 atom stereocenters. The second kappa shape index (κ2) is 11.4. The second-order valence-electron chi connectivity index (χ2n) is 7.92. The predicted molar refractivity (Wildman–Crippen MR) is 140 cm³/mol. The minimum Gasteiger partial charge on any atom is -0.497 e. The van der Waals surface area contributed by atoms with Gasteiger partial charge in [0.25, 0.3) is 15.9 Å². The van der Waals surface area contributed by atoms with Crippen molar-refractivity contribution < 1.29 is 22.7 Å². The number of rotatable bonds is 10. The van der Waals surface area contributed by atoms with E-state index in [4.69, 9.17) is 9.47 Å². The van der Waals surface area contributed by atoms with E-state index >= 15 is 0 Å². The van der Waals surface area contributed by atoms with E-state index in [1.165, 1.54) is 24.8 Å². The van der Waals surface area contributed by atoms with Gasteiger partial charge >= 0.3 is 0 Å². The summed E-state index contributed by atoms with van der Waals surface area (Å²) in [4.78, 5) is 12.8. The van der Waals surface area contributed by atoms with E-state index < -0.39 is 10.0 Å². The van der Waals surface area contributed by atoms with Crippen LogP contribution in [0.5, 0.6) is 11.5 Å². The summed E-state index contributed by atoms with van der Waals surface area (Å²) in [5, 5.41) is 2.78. The number of amides is 1. The van der Waals surface area contributed by atoms with Gasteiger partial charge in [-0.25, -0.2) is 8.42 Å². The lowest BCUT2D eigenvalue weighted by Gasteiger charge is -2.11. The van der Waals surface area contributed by atoms with Crippen molar-refractivity contribution >= 4 is 27.3 Å². The van der Waals surface area contributed by atoms with Crippen molar-refractivity contribution in [2.45, 2.75) is 11.3 Å². The number of anilines is 2. The number of carbonyl (C=O) groups excluding carboxylic acids is 1. The van der Waals surface area contributed by atoms with E-state index in [1.807, 2.05) is 30.3 Å². The third-order valence-electron chi connectivity index (χ3n) is 5.36. The van der Waals surface area contributed by atoms with Crippen molar-refractivity contribution in [3.8, 4) is 11.5 Å². The van der Waals surface area contributed by atoms with Crippen LogP contribution in [-0.2, 0) is 16.4 Å². The van der Waals surface area contributed by atoms with E-state index in [9.17, 15) is 13.2 Å². The zero-order valence-electron chi connectivity index (χ0n) is 19.7. The first kappa shape index (κ1) is 24.8. The van der Waals surface area contributed by atoms with Gasteiger partial charge in [0.1, 0.15) is 11.5 Å². The maximum atomic E-state index is 12.7.